The fourth-order valence-corrected chi connectivity index (χ4v) is 2.18. The number of carbonyl (C=O) groups excluding carboxylic acids is 1. The van der Waals surface area contributed by atoms with Gasteiger partial charge in [0.15, 0.2) is 0 Å². The van der Waals surface area contributed by atoms with E-state index >= 15 is 0 Å². The van der Waals surface area contributed by atoms with Gasteiger partial charge in [0.05, 0.1) is 17.2 Å². The van der Waals surface area contributed by atoms with Crippen LogP contribution in [0.25, 0.3) is 0 Å². The van der Waals surface area contributed by atoms with Gasteiger partial charge in [-0.15, -0.1) is 11.3 Å². The molecule has 1 heterocycles. The van der Waals surface area contributed by atoms with Crippen LogP contribution >= 0.6 is 11.3 Å². The van der Waals surface area contributed by atoms with Gasteiger partial charge in [0, 0.05) is 5.38 Å². The van der Waals surface area contributed by atoms with Gasteiger partial charge in [-0.3, -0.25) is 0 Å². The molecule has 0 aromatic carbocycles. The van der Waals surface area contributed by atoms with E-state index in [1.54, 1.807) is 0 Å². The smallest absolute Gasteiger partial charge is 0.326 e. The third-order valence-electron chi connectivity index (χ3n) is 2.41. The first kappa shape index (κ1) is 15.4. The van der Waals surface area contributed by atoms with E-state index in [0.29, 0.717) is 13.0 Å². The standard InChI is InChI=1S/C12H19N3O3S/c1-7(2)4-10(11(16)17)15-12(18)13-5-9-6-19-8(3)14-9/h6-7,10H,4-5H2,1-3H3,(H,16,17)(H2,13,15,18)/t10-/m1/s1. The summed E-state index contributed by atoms with van der Waals surface area (Å²) in [5.41, 5.74) is 0.772. The minimum Gasteiger partial charge on any atom is -0.480 e. The summed E-state index contributed by atoms with van der Waals surface area (Å²) in [7, 11) is 0. The van der Waals surface area contributed by atoms with Gasteiger partial charge in [-0.05, 0) is 19.3 Å². The third kappa shape index (κ3) is 5.69. The van der Waals surface area contributed by atoms with E-state index < -0.39 is 18.0 Å². The van der Waals surface area contributed by atoms with E-state index in [9.17, 15) is 9.59 Å². The zero-order valence-electron chi connectivity index (χ0n) is 11.3. The SMILES string of the molecule is Cc1nc(CNC(=O)N[C@H](CC(C)C)C(=O)O)cs1. The number of hydrogen-bond acceptors (Lipinski definition) is 4. The van der Waals surface area contributed by atoms with Crippen LogP contribution in [0, 0.1) is 12.8 Å². The van der Waals surface area contributed by atoms with Gasteiger partial charge >= 0.3 is 12.0 Å². The van der Waals surface area contributed by atoms with Gasteiger partial charge in [0.2, 0.25) is 0 Å². The molecule has 1 atom stereocenters. The monoisotopic (exact) mass is 285 g/mol. The van der Waals surface area contributed by atoms with Gasteiger partial charge in [-0.1, -0.05) is 13.8 Å². The Hall–Kier alpha value is -1.63. The number of carboxylic acid groups (broad SMARTS) is 1. The van der Waals surface area contributed by atoms with E-state index in [-0.39, 0.29) is 5.92 Å². The van der Waals surface area contributed by atoms with Crippen LogP contribution in [0.5, 0.6) is 0 Å². The average molecular weight is 285 g/mol. The van der Waals surface area contributed by atoms with Crippen molar-refractivity contribution in [3.63, 3.8) is 0 Å². The summed E-state index contributed by atoms with van der Waals surface area (Å²) in [5.74, 6) is -0.823. The molecule has 0 aliphatic carbocycles. The molecule has 0 saturated heterocycles. The Bertz CT molecular complexity index is 445. The van der Waals surface area contributed by atoms with Crippen molar-refractivity contribution < 1.29 is 14.7 Å². The fourth-order valence-electron chi connectivity index (χ4n) is 1.56. The van der Waals surface area contributed by atoms with Crippen molar-refractivity contribution >= 4 is 23.3 Å². The lowest BCUT2D eigenvalue weighted by molar-refractivity contribution is -0.139. The second-order valence-corrected chi connectivity index (χ2v) is 5.77. The van der Waals surface area contributed by atoms with Crippen LogP contribution in [0.3, 0.4) is 0 Å². The second-order valence-electron chi connectivity index (χ2n) is 4.71. The molecule has 0 radical (unpaired) electrons. The number of carboxylic acids is 1. The molecule has 19 heavy (non-hydrogen) atoms. The molecule has 0 fully saturated rings. The maximum atomic E-state index is 11.6. The Morgan fingerprint density at radius 3 is 2.63 bits per heavy atom. The number of aromatic nitrogens is 1. The number of nitrogens with one attached hydrogen (secondary N) is 2. The summed E-state index contributed by atoms with van der Waals surface area (Å²) in [6, 6.07) is -1.35. The average Bonchev–Trinajstić information content (AvgIpc) is 2.71. The van der Waals surface area contributed by atoms with Crippen molar-refractivity contribution in [3.8, 4) is 0 Å². The highest BCUT2D eigenvalue weighted by Gasteiger charge is 2.20. The Kier molecular flexibility index (Phi) is 5.75. The van der Waals surface area contributed by atoms with Crippen LogP contribution in [0.4, 0.5) is 4.79 Å². The number of aliphatic carboxylic acids is 1. The first-order chi connectivity index (χ1) is 8.88. The molecule has 1 rings (SSSR count). The Labute approximate surface area is 116 Å². The second kappa shape index (κ2) is 7.08. The fraction of sp³-hybridized carbons (Fsp3) is 0.583. The van der Waals surface area contributed by atoms with Crippen LogP contribution in [-0.2, 0) is 11.3 Å². The van der Waals surface area contributed by atoms with E-state index in [1.807, 2.05) is 26.2 Å². The van der Waals surface area contributed by atoms with Crippen molar-refractivity contribution in [2.45, 2.75) is 39.8 Å². The molecule has 1 aromatic rings. The Morgan fingerprint density at radius 1 is 1.47 bits per heavy atom. The minimum atomic E-state index is -1.02. The first-order valence-electron chi connectivity index (χ1n) is 6.06. The molecule has 6 nitrogen and oxygen atoms in total. The van der Waals surface area contributed by atoms with Gasteiger partial charge in [-0.25, -0.2) is 14.6 Å². The number of carbonyl (C=O) groups is 2. The third-order valence-corrected chi connectivity index (χ3v) is 3.23. The zero-order chi connectivity index (χ0) is 14.4. The summed E-state index contributed by atoms with van der Waals surface area (Å²) >= 11 is 1.51. The Balaban J connectivity index is 2.42. The molecule has 0 bridgehead atoms. The highest BCUT2D eigenvalue weighted by Crippen LogP contribution is 2.07. The lowest BCUT2D eigenvalue weighted by atomic mass is 10.0. The van der Waals surface area contributed by atoms with Crippen molar-refractivity contribution in [3.05, 3.63) is 16.1 Å². The van der Waals surface area contributed by atoms with E-state index in [0.717, 1.165) is 10.7 Å². The van der Waals surface area contributed by atoms with Crippen molar-refractivity contribution in [2.75, 3.05) is 0 Å². The van der Waals surface area contributed by atoms with E-state index in [4.69, 9.17) is 5.11 Å². The number of aryl methyl sites for hydroxylation is 1. The predicted molar refractivity (Wildman–Crippen MR) is 73.1 cm³/mol. The molecule has 106 valence electrons. The number of nitrogens with zero attached hydrogens (tertiary/aromatic N) is 1. The van der Waals surface area contributed by atoms with Gasteiger partial charge in [-0.2, -0.15) is 0 Å². The molecular weight excluding hydrogens is 266 g/mol. The Morgan fingerprint density at radius 2 is 2.16 bits per heavy atom. The number of thiazole rings is 1. The number of amides is 2. The summed E-state index contributed by atoms with van der Waals surface area (Å²) in [6.45, 7) is 6.00. The summed E-state index contributed by atoms with van der Waals surface area (Å²) in [5, 5.41) is 16.8. The van der Waals surface area contributed by atoms with Crippen molar-refractivity contribution in [1.29, 1.82) is 0 Å². The zero-order valence-corrected chi connectivity index (χ0v) is 12.1. The quantitative estimate of drug-likeness (QED) is 0.742. The van der Waals surface area contributed by atoms with Crippen molar-refractivity contribution in [1.82, 2.24) is 15.6 Å². The normalized spacial score (nSPS) is 12.2. The van der Waals surface area contributed by atoms with E-state index in [1.165, 1.54) is 11.3 Å². The molecular formula is C12H19N3O3S. The largest absolute Gasteiger partial charge is 0.480 e. The number of urea groups is 1. The van der Waals surface area contributed by atoms with Crippen LogP contribution < -0.4 is 10.6 Å². The molecule has 0 aliphatic heterocycles. The lowest BCUT2D eigenvalue weighted by Crippen LogP contribution is -2.46. The molecule has 0 saturated carbocycles. The van der Waals surface area contributed by atoms with Crippen LogP contribution in [-0.4, -0.2) is 28.1 Å². The molecule has 7 heteroatoms. The summed E-state index contributed by atoms with van der Waals surface area (Å²) in [6.07, 6.45) is 0.401. The topological polar surface area (TPSA) is 91.3 Å². The molecule has 1 aromatic heterocycles. The van der Waals surface area contributed by atoms with Gasteiger partial charge in [0.1, 0.15) is 6.04 Å². The van der Waals surface area contributed by atoms with Crippen molar-refractivity contribution in [2.24, 2.45) is 5.92 Å². The summed E-state index contributed by atoms with van der Waals surface area (Å²) in [4.78, 5) is 26.8. The number of hydrogen-bond donors (Lipinski definition) is 3. The molecule has 0 spiro atoms. The summed E-state index contributed by atoms with van der Waals surface area (Å²) < 4.78 is 0. The highest BCUT2D eigenvalue weighted by molar-refractivity contribution is 7.09. The van der Waals surface area contributed by atoms with E-state index in [2.05, 4.69) is 15.6 Å². The van der Waals surface area contributed by atoms with Crippen LogP contribution in [0.15, 0.2) is 5.38 Å². The molecule has 0 unspecified atom stereocenters. The minimum absolute atomic E-state index is 0.197. The lowest BCUT2D eigenvalue weighted by Gasteiger charge is -2.16. The molecule has 0 aliphatic rings. The van der Waals surface area contributed by atoms with Gasteiger partial charge < -0.3 is 15.7 Å². The first-order valence-corrected chi connectivity index (χ1v) is 6.94. The van der Waals surface area contributed by atoms with Crippen LogP contribution in [0.1, 0.15) is 31.0 Å². The number of rotatable bonds is 6. The molecule has 3 N–H and O–H groups in total. The predicted octanol–water partition coefficient (Wildman–Crippen LogP) is 1.75. The van der Waals surface area contributed by atoms with Crippen LogP contribution in [0.2, 0.25) is 0 Å². The maximum Gasteiger partial charge on any atom is 0.326 e. The maximum absolute atomic E-state index is 11.6. The molecule has 2 amide bonds. The van der Waals surface area contributed by atoms with Gasteiger partial charge in [0.25, 0.3) is 0 Å². The highest BCUT2D eigenvalue weighted by atomic mass is 32.1.